The molecule has 1 aromatic heterocycles. The summed E-state index contributed by atoms with van der Waals surface area (Å²) in [5.41, 5.74) is 6.90. The third-order valence-corrected chi connectivity index (χ3v) is 4.06. The molecule has 20 heavy (non-hydrogen) atoms. The van der Waals surface area contributed by atoms with E-state index in [2.05, 4.69) is 9.71 Å². The van der Waals surface area contributed by atoms with Gasteiger partial charge in [-0.1, -0.05) is 6.07 Å². The van der Waals surface area contributed by atoms with E-state index in [0.29, 0.717) is 5.69 Å². The Hall–Kier alpha value is -2.28. The van der Waals surface area contributed by atoms with E-state index in [1.54, 1.807) is 18.2 Å². The molecule has 0 atom stereocenters. The third-order valence-electron chi connectivity index (χ3n) is 2.68. The van der Waals surface area contributed by atoms with E-state index >= 15 is 0 Å². The first kappa shape index (κ1) is 14.1. The number of anilines is 3. The standard InChI is InChI=1S/C13H16N4O2S/c1-17(2)11-5-3-4-10(8-11)16-20(18,19)12-6-7-15-13(14)9-12/h3-9,16H,1-2H3,(H2,14,15). The minimum atomic E-state index is -3.67. The first-order chi connectivity index (χ1) is 9.38. The lowest BCUT2D eigenvalue weighted by Gasteiger charge is -2.14. The molecule has 2 aromatic rings. The first-order valence-corrected chi connectivity index (χ1v) is 7.38. The van der Waals surface area contributed by atoms with Gasteiger partial charge in [0, 0.05) is 32.0 Å². The fraction of sp³-hybridized carbons (Fsp3) is 0.154. The normalized spacial score (nSPS) is 11.1. The second-order valence-corrected chi connectivity index (χ2v) is 6.15. The van der Waals surface area contributed by atoms with Crippen LogP contribution < -0.4 is 15.4 Å². The lowest BCUT2D eigenvalue weighted by molar-refractivity contribution is 0.601. The molecule has 2 rings (SSSR count). The SMILES string of the molecule is CN(C)c1cccc(NS(=O)(=O)c2ccnc(N)c2)c1. The number of sulfonamides is 1. The number of pyridine rings is 1. The molecule has 0 spiro atoms. The molecule has 0 saturated heterocycles. The molecule has 6 nitrogen and oxygen atoms in total. The van der Waals surface area contributed by atoms with Crippen molar-refractivity contribution in [2.24, 2.45) is 0 Å². The summed E-state index contributed by atoms with van der Waals surface area (Å²) in [4.78, 5) is 5.75. The largest absolute Gasteiger partial charge is 0.384 e. The summed E-state index contributed by atoms with van der Waals surface area (Å²) in [5, 5.41) is 0. The van der Waals surface area contributed by atoms with Gasteiger partial charge in [0.05, 0.1) is 10.6 Å². The highest BCUT2D eigenvalue weighted by Gasteiger charge is 2.14. The lowest BCUT2D eigenvalue weighted by atomic mass is 10.3. The van der Waals surface area contributed by atoms with Gasteiger partial charge in [0.25, 0.3) is 10.0 Å². The van der Waals surface area contributed by atoms with Crippen LogP contribution in [-0.2, 0) is 10.0 Å². The average molecular weight is 292 g/mol. The predicted molar refractivity (Wildman–Crippen MR) is 80.2 cm³/mol. The van der Waals surface area contributed by atoms with Crippen LogP contribution in [0.4, 0.5) is 17.2 Å². The molecule has 7 heteroatoms. The highest BCUT2D eigenvalue weighted by atomic mass is 32.2. The number of nitrogen functional groups attached to an aromatic ring is 1. The number of aromatic nitrogens is 1. The fourth-order valence-corrected chi connectivity index (χ4v) is 2.73. The average Bonchev–Trinajstić information content (AvgIpc) is 2.38. The van der Waals surface area contributed by atoms with E-state index in [-0.39, 0.29) is 10.7 Å². The van der Waals surface area contributed by atoms with E-state index in [1.165, 1.54) is 18.3 Å². The zero-order chi connectivity index (χ0) is 14.8. The zero-order valence-corrected chi connectivity index (χ0v) is 12.1. The Bertz CT molecular complexity index is 714. The molecule has 0 aliphatic rings. The van der Waals surface area contributed by atoms with Crippen molar-refractivity contribution in [3.63, 3.8) is 0 Å². The molecular formula is C13H16N4O2S. The van der Waals surface area contributed by atoms with Gasteiger partial charge in [-0.15, -0.1) is 0 Å². The quantitative estimate of drug-likeness (QED) is 0.892. The maximum Gasteiger partial charge on any atom is 0.262 e. The molecule has 0 saturated carbocycles. The predicted octanol–water partition coefficient (Wildman–Crippen LogP) is 1.53. The maximum atomic E-state index is 12.2. The Morgan fingerprint density at radius 3 is 2.60 bits per heavy atom. The van der Waals surface area contributed by atoms with Crippen LogP contribution in [0.15, 0.2) is 47.5 Å². The topological polar surface area (TPSA) is 88.3 Å². The van der Waals surface area contributed by atoms with Crippen molar-refractivity contribution in [3.8, 4) is 0 Å². The number of hydrogen-bond donors (Lipinski definition) is 2. The molecule has 0 bridgehead atoms. The summed E-state index contributed by atoms with van der Waals surface area (Å²) < 4.78 is 27.0. The molecule has 0 radical (unpaired) electrons. The first-order valence-electron chi connectivity index (χ1n) is 5.90. The van der Waals surface area contributed by atoms with Crippen molar-refractivity contribution < 1.29 is 8.42 Å². The molecule has 0 amide bonds. The van der Waals surface area contributed by atoms with Gasteiger partial charge >= 0.3 is 0 Å². The summed E-state index contributed by atoms with van der Waals surface area (Å²) in [5.74, 6) is 0.162. The van der Waals surface area contributed by atoms with E-state index in [9.17, 15) is 8.42 Å². The number of rotatable bonds is 4. The summed E-state index contributed by atoms with van der Waals surface area (Å²) in [6.45, 7) is 0. The Balaban J connectivity index is 2.31. The zero-order valence-electron chi connectivity index (χ0n) is 11.2. The number of benzene rings is 1. The van der Waals surface area contributed by atoms with Crippen molar-refractivity contribution in [2.45, 2.75) is 4.90 Å². The number of nitrogens with two attached hydrogens (primary N) is 1. The van der Waals surface area contributed by atoms with Crippen molar-refractivity contribution in [2.75, 3.05) is 29.5 Å². The van der Waals surface area contributed by atoms with Gasteiger partial charge < -0.3 is 10.6 Å². The smallest absolute Gasteiger partial charge is 0.262 e. The lowest BCUT2D eigenvalue weighted by Crippen LogP contribution is -2.14. The molecule has 0 unspecified atom stereocenters. The van der Waals surface area contributed by atoms with Crippen molar-refractivity contribution in [1.82, 2.24) is 4.98 Å². The highest BCUT2D eigenvalue weighted by Crippen LogP contribution is 2.21. The van der Waals surface area contributed by atoms with Crippen molar-refractivity contribution >= 4 is 27.2 Å². The van der Waals surface area contributed by atoms with Crippen LogP contribution in [0.5, 0.6) is 0 Å². The van der Waals surface area contributed by atoms with Crippen molar-refractivity contribution in [3.05, 3.63) is 42.6 Å². The van der Waals surface area contributed by atoms with Crippen LogP contribution in [0.25, 0.3) is 0 Å². The van der Waals surface area contributed by atoms with Gasteiger partial charge in [-0.25, -0.2) is 13.4 Å². The number of nitrogens with one attached hydrogen (secondary N) is 1. The van der Waals surface area contributed by atoms with Crippen LogP contribution in [-0.4, -0.2) is 27.5 Å². The van der Waals surface area contributed by atoms with Gasteiger partial charge in [-0.3, -0.25) is 4.72 Å². The summed E-state index contributed by atoms with van der Waals surface area (Å²) in [6.07, 6.45) is 1.36. The summed E-state index contributed by atoms with van der Waals surface area (Å²) in [6, 6.07) is 9.83. The summed E-state index contributed by atoms with van der Waals surface area (Å²) >= 11 is 0. The molecule has 1 aromatic carbocycles. The number of hydrogen-bond acceptors (Lipinski definition) is 5. The van der Waals surface area contributed by atoms with Crippen LogP contribution >= 0.6 is 0 Å². The monoisotopic (exact) mass is 292 g/mol. The van der Waals surface area contributed by atoms with E-state index in [4.69, 9.17) is 5.73 Å². The van der Waals surface area contributed by atoms with Gasteiger partial charge in [0.15, 0.2) is 0 Å². The Kier molecular flexibility index (Phi) is 3.80. The molecule has 106 valence electrons. The van der Waals surface area contributed by atoms with Gasteiger partial charge in [-0.05, 0) is 24.3 Å². The molecular weight excluding hydrogens is 276 g/mol. The Morgan fingerprint density at radius 1 is 1.20 bits per heavy atom. The van der Waals surface area contributed by atoms with Gasteiger partial charge in [0.1, 0.15) is 5.82 Å². The molecule has 3 N–H and O–H groups in total. The minimum Gasteiger partial charge on any atom is -0.384 e. The van der Waals surface area contributed by atoms with Crippen LogP contribution in [0.2, 0.25) is 0 Å². The van der Waals surface area contributed by atoms with E-state index < -0.39 is 10.0 Å². The molecule has 0 aliphatic heterocycles. The summed E-state index contributed by atoms with van der Waals surface area (Å²) in [7, 11) is 0.105. The van der Waals surface area contributed by atoms with Crippen LogP contribution in [0.3, 0.4) is 0 Å². The second kappa shape index (κ2) is 5.38. The Morgan fingerprint density at radius 2 is 1.95 bits per heavy atom. The third kappa shape index (κ3) is 3.18. The fourth-order valence-electron chi connectivity index (χ4n) is 1.66. The minimum absolute atomic E-state index is 0.0836. The molecule has 0 fully saturated rings. The number of nitrogens with zero attached hydrogens (tertiary/aromatic N) is 2. The molecule has 0 aliphatic carbocycles. The maximum absolute atomic E-state index is 12.2. The molecule has 1 heterocycles. The highest BCUT2D eigenvalue weighted by molar-refractivity contribution is 7.92. The van der Waals surface area contributed by atoms with Gasteiger partial charge in [0.2, 0.25) is 0 Å². The van der Waals surface area contributed by atoms with E-state index in [1.807, 2.05) is 25.1 Å². The van der Waals surface area contributed by atoms with Crippen LogP contribution in [0.1, 0.15) is 0 Å². The van der Waals surface area contributed by atoms with Crippen molar-refractivity contribution in [1.29, 1.82) is 0 Å². The van der Waals surface area contributed by atoms with E-state index in [0.717, 1.165) is 5.69 Å². The van der Waals surface area contributed by atoms with Crippen LogP contribution in [0, 0.1) is 0 Å². The van der Waals surface area contributed by atoms with Gasteiger partial charge in [-0.2, -0.15) is 0 Å². The second-order valence-electron chi connectivity index (χ2n) is 4.47. The Labute approximate surface area is 118 Å².